The molecule has 0 aliphatic rings. The van der Waals surface area contributed by atoms with Crippen molar-refractivity contribution in [1.82, 2.24) is 0 Å². The van der Waals surface area contributed by atoms with Crippen molar-refractivity contribution >= 4 is 19.9 Å². The topological polar surface area (TPSA) is 0 Å². The summed E-state index contributed by atoms with van der Waals surface area (Å²) in [6, 6.07) is 19.0. The molecule has 0 aliphatic heterocycles. The fourth-order valence-corrected chi connectivity index (χ4v) is 1.97. The normalized spacial score (nSPS) is 10.7. The summed E-state index contributed by atoms with van der Waals surface area (Å²) in [6.07, 6.45) is 2.19. The van der Waals surface area contributed by atoms with E-state index < -0.39 is 7.25 Å². The minimum Gasteiger partial charge on any atom is -0.418 e. The first-order valence-electron chi connectivity index (χ1n) is 6.07. The Bertz CT molecular complexity index is 508. The number of aryl methyl sites for hydroxylation is 2. The van der Waals surface area contributed by atoms with Crippen LogP contribution in [0.5, 0.6) is 0 Å². The summed E-state index contributed by atoms with van der Waals surface area (Å²) in [5.41, 5.74) is 2.77. The average Bonchev–Trinajstić information content (AvgIpc) is 2.37. The molecule has 0 heterocycles. The molecule has 0 spiro atoms. The van der Waals surface area contributed by atoms with Gasteiger partial charge in [-0.05, 0) is 37.1 Å². The molecule has 0 bridgehead atoms. The number of benzene rings is 2. The van der Waals surface area contributed by atoms with Crippen molar-refractivity contribution in [2.24, 2.45) is 0 Å². The van der Waals surface area contributed by atoms with Gasteiger partial charge >= 0.3 is 7.25 Å². The van der Waals surface area contributed by atoms with Crippen molar-refractivity contribution in [2.45, 2.75) is 17.7 Å². The first kappa shape index (κ1) is 16.6. The van der Waals surface area contributed by atoms with Crippen LogP contribution < -0.4 is 0 Å². The molecular weight excluding hydrogens is 287 g/mol. The smallest absolute Gasteiger partial charge is 0.418 e. The third-order valence-electron chi connectivity index (χ3n) is 2.54. The highest BCUT2D eigenvalue weighted by Gasteiger charge is 2.20. The Balaban J connectivity index is 0.000000347. The largest absolute Gasteiger partial charge is 0.673 e. The molecule has 108 valence electrons. The van der Waals surface area contributed by atoms with Crippen LogP contribution in [0.4, 0.5) is 17.3 Å². The summed E-state index contributed by atoms with van der Waals surface area (Å²) >= 11 is 3.62. The van der Waals surface area contributed by atoms with Gasteiger partial charge in [-0.1, -0.05) is 48.5 Å². The molecule has 0 radical (unpaired) electrons. The van der Waals surface area contributed by atoms with E-state index in [1.807, 2.05) is 6.07 Å². The number of hydrogen-bond acceptors (Lipinski definition) is 0. The fraction of sp³-hybridized carbons (Fsp3) is 0.143. The SMILES string of the molecule is F[B-](F)(F)F.[SH2+]c1ccccc1CCc1ccccc1. The highest BCUT2D eigenvalue weighted by atomic mass is 32.1. The third kappa shape index (κ3) is 7.89. The first-order chi connectivity index (χ1) is 9.36. The second-order valence-electron chi connectivity index (χ2n) is 4.14. The van der Waals surface area contributed by atoms with Gasteiger partial charge in [0.05, 0.1) is 0 Å². The van der Waals surface area contributed by atoms with Gasteiger partial charge in [0.2, 0.25) is 0 Å². The molecule has 0 aliphatic carbocycles. The van der Waals surface area contributed by atoms with E-state index in [1.165, 1.54) is 16.0 Å². The molecular formula is C14H15BF4S. The number of rotatable bonds is 3. The van der Waals surface area contributed by atoms with Crippen LogP contribution in [-0.2, 0) is 25.5 Å². The van der Waals surface area contributed by atoms with E-state index in [0.717, 1.165) is 12.8 Å². The van der Waals surface area contributed by atoms with Crippen LogP contribution in [0.3, 0.4) is 0 Å². The second-order valence-corrected chi connectivity index (χ2v) is 4.68. The highest BCUT2D eigenvalue weighted by Crippen LogP contribution is 2.11. The van der Waals surface area contributed by atoms with E-state index >= 15 is 0 Å². The molecule has 0 saturated carbocycles. The third-order valence-corrected chi connectivity index (χ3v) is 3.03. The van der Waals surface area contributed by atoms with E-state index in [2.05, 4.69) is 61.2 Å². The molecule has 2 rings (SSSR count). The number of hydrogen-bond donors (Lipinski definition) is 0. The Morgan fingerprint density at radius 1 is 0.750 bits per heavy atom. The maximum absolute atomic E-state index is 9.75. The molecule has 0 saturated heterocycles. The van der Waals surface area contributed by atoms with Crippen molar-refractivity contribution in [3.63, 3.8) is 0 Å². The van der Waals surface area contributed by atoms with Gasteiger partial charge in [0.25, 0.3) is 0 Å². The summed E-state index contributed by atoms with van der Waals surface area (Å²) in [6.45, 7) is 0. The van der Waals surface area contributed by atoms with Crippen molar-refractivity contribution in [3.8, 4) is 0 Å². The maximum Gasteiger partial charge on any atom is 0.673 e. The second kappa shape index (κ2) is 7.99. The van der Waals surface area contributed by atoms with E-state index in [9.17, 15) is 17.3 Å². The zero-order valence-electron chi connectivity index (χ0n) is 10.7. The Labute approximate surface area is 121 Å². The Kier molecular flexibility index (Phi) is 6.65. The maximum atomic E-state index is 9.75. The van der Waals surface area contributed by atoms with E-state index in [4.69, 9.17) is 0 Å². The molecule has 0 aromatic heterocycles. The van der Waals surface area contributed by atoms with Crippen LogP contribution in [0, 0.1) is 0 Å². The fourth-order valence-electron chi connectivity index (χ4n) is 1.66. The molecule has 6 heteroatoms. The van der Waals surface area contributed by atoms with Crippen molar-refractivity contribution in [3.05, 3.63) is 65.7 Å². The Hall–Kier alpha value is -1.43. The van der Waals surface area contributed by atoms with Crippen LogP contribution in [0.1, 0.15) is 11.1 Å². The van der Waals surface area contributed by atoms with Crippen molar-refractivity contribution in [1.29, 1.82) is 0 Å². The lowest BCUT2D eigenvalue weighted by atomic mass is 10.0. The van der Waals surface area contributed by atoms with Crippen LogP contribution in [0.2, 0.25) is 0 Å². The molecule has 0 atom stereocenters. The van der Waals surface area contributed by atoms with Crippen LogP contribution in [0.25, 0.3) is 0 Å². The van der Waals surface area contributed by atoms with Crippen LogP contribution in [-0.4, -0.2) is 7.25 Å². The lowest BCUT2D eigenvalue weighted by Crippen LogP contribution is -2.02. The molecule has 0 fully saturated rings. The van der Waals surface area contributed by atoms with E-state index in [1.54, 1.807) is 0 Å². The monoisotopic (exact) mass is 302 g/mol. The summed E-state index contributed by atoms with van der Waals surface area (Å²) in [5.74, 6) is 0. The van der Waals surface area contributed by atoms with Gasteiger partial charge < -0.3 is 17.3 Å². The van der Waals surface area contributed by atoms with Gasteiger partial charge in [-0.3, -0.25) is 0 Å². The van der Waals surface area contributed by atoms with Crippen molar-refractivity contribution in [2.75, 3.05) is 0 Å². The van der Waals surface area contributed by atoms with E-state index in [-0.39, 0.29) is 0 Å². The average molecular weight is 302 g/mol. The highest BCUT2D eigenvalue weighted by molar-refractivity contribution is 7.58. The standard InChI is InChI=1S/C14H14S.BF4/c15-14-9-5-4-8-13(14)11-10-12-6-2-1-3-7-12;2-1(3,4)5/h1-9,15H,10-11H2;/q;-1/p+1. The van der Waals surface area contributed by atoms with Gasteiger partial charge in [-0.15, -0.1) is 0 Å². The van der Waals surface area contributed by atoms with Gasteiger partial charge in [0.1, 0.15) is 0 Å². The molecule has 0 amide bonds. The summed E-state index contributed by atoms with van der Waals surface area (Å²) in [5, 5.41) is 0. The molecule has 0 unspecified atom stereocenters. The predicted octanol–water partition coefficient (Wildman–Crippen LogP) is 4.14. The Morgan fingerprint density at radius 3 is 1.80 bits per heavy atom. The molecule has 0 nitrogen and oxygen atoms in total. The zero-order chi connectivity index (χ0) is 15.0. The summed E-state index contributed by atoms with van der Waals surface area (Å²) in [4.78, 5) is 1.20. The molecule has 20 heavy (non-hydrogen) atoms. The molecule has 2 aromatic carbocycles. The number of halogens is 4. The lowest BCUT2D eigenvalue weighted by Gasteiger charge is -2.01. The molecule has 0 N–H and O–H groups in total. The predicted molar refractivity (Wildman–Crippen MR) is 78.9 cm³/mol. The van der Waals surface area contributed by atoms with E-state index in [0.29, 0.717) is 0 Å². The summed E-state index contributed by atoms with van der Waals surface area (Å²) in [7, 11) is -6.00. The van der Waals surface area contributed by atoms with Gasteiger partial charge in [0, 0.05) is 5.56 Å². The van der Waals surface area contributed by atoms with Crippen LogP contribution >= 0.6 is 0 Å². The summed E-state index contributed by atoms with van der Waals surface area (Å²) < 4.78 is 39.0. The zero-order valence-corrected chi connectivity index (χ0v) is 11.7. The van der Waals surface area contributed by atoms with Crippen molar-refractivity contribution < 1.29 is 17.3 Å². The van der Waals surface area contributed by atoms with Gasteiger partial charge in [0.15, 0.2) is 4.90 Å². The quantitative estimate of drug-likeness (QED) is 0.454. The van der Waals surface area contributed by atoms with Gasteiger partial charge in [-0.25, -0.2) is 0 Å². The first-order valence-corrected chi connectivity index (χ1v) is 6.57. The molecule has 2 aromatic rings. The lowest BCUT2D eigenvalue weighted by molar-refractivity contribution is 0.368. The van der Waals surface area contributed by atoms with Gasteiger partial charge in [-0.2, -0.15) is 0 Å². The Morgan fingerprint density at radius 2 is 1.25 bits per heavy atom. The minimum atomic E-state index is -6.00. The minimum absolute atomic E-state index is 1.09. The van der Waals surface area contributed by atoms with Crippen LogP contribution in [0.15, 0.2) is 59.5 Å².